The van der Waals surface area contributed by atoms with E-state index < -0.39 is 0 Å². The van der Waals surface area contributed by atoms with Gasteiger partial charge in [0.15, 0.2) is 0 Å². The third kappa shape index (κ3) is 3.07. The Bertz CT molecular complexity index is 1400. The van der Waals surface area contributed by atoms with E-state index in [0.717, 1.165) is 58.5 Å². The number of methoxy groups -OCH3 is 1. The molecule has 0 fully saturated rings. The minimum atomic E-state index is 0.513. The van der Waals surface area contributed by atoms with Crippen molar-refractivity contribution in [3.63, 3.8) is 0 Å². The molecule has 32 heavy (non-hydrogen) atoms. The second kappa shape index (κ2) is 7.50. The molecular weight excluding hydrogens is 400 g/mol. The van der Waals surface area contributed by atoms with Crippen molar-refractivity contribution in [2.24, 2.45) is 7.05 Å². The summed E-state index contributed by atoms with van der Waals surface area (Å²) in [5.41, 5.74) is 10.1. The predicted molar refractivity (Wildman–Crippen MR) is 125 cm³/mol. The van der Waals surface area contributed by atoms with Gasteiger partial charge in [0.1, 0.15) is 0 Å². The first-order chi connectivity index (χ1) is 15.4. The van der Waals surface area contributed by atoms with Crippen LogP contribution in [0.15, 0.2) is 24.3 Å². The second-order valence-corrected chi connectivity index (χ2v) is 8.64. The first kappa shape index (κ1) is 20.3. The standard InChI is InChI=1S/C25H26N6O/c1-14-8-16(9-18-13-30(3)7-6-19(14)18)24-21-11-20(17(12-26)10-22(21)27-28-24)23-15(2)31(4)29-25(23)32-5/h8-11H,6-7,13H2,1-5H3,(H,27,28). The molecule has 1 aliphatic rings. The number of aromatic nitrogens is 4. The lowest BCUT2D eigenvalue weighted by molar-refractivity contribution is 0.312. The van der Waals surface area contributed by atoms with E-state index in [1.54, 1.807) is 11.8 Å². The van der Waals surface area contributed by atoms with Gasteiger partial charge in [-0.05, 0) is 68.3 Å². The van der Waals surface area contributed by atoms with Crippen LogP contribution in [0.3, 0.4) is 0 Å². The van der Waals surface area contributed by atoms with Gasteiger partial charge < -0.3 is 9.64 Å². The van der Waals surface area contributed by atoms with E-state index in [2.05, 4.69) is 52.4 Å². The summed E-state index contributed by atoms with van der Waals surface area (Å²) in [6.45, 7) is 6.20. The van der Waals surface area contributed by atoms with Crippen molar-refractivity contribution < 1.29 is 4.74 Å². The van der Waals surface area contributed by atoms with Gasteiger partial charge >= 0.3 is 0 Å². The number of nitriles is 1. The number of fused-ring (bicyclic) bond motifs is 2. The topological polar surface area (TPSA) is 82.8 Å². The number of benzene rings is 2. The first-order valence-corrected chi connectivity index (χ1v) is 10.7. The Labute approximate surface area is 187 Å². The molecule has 0 aliphatic carbocycles. The van der Waals surface area contributed by atoms with Crippen LogP contribution < -0.4 is 4.74 Å². The summed E-state index contributed by atoms with van der Waals surface area (Å²) in [5.74, 6) is 0.513. The van der Waals surface area contributed by atoms with Gasteiger partial charge in [0.2, 0.25) is 5.88 Å². The van der Waals surface area contributed by atoms with Gasteiger partial charge in [-0.25, -0.2) is 0 Å². The van der Waals surface area contributed by atoms with Crippen LogP contribution in [0.25, 0.3) is 33.3 Å². The van der Waals surface area contributed by atoms with Crippen molar-refractivity contribution in [3.8, 4) is 34.3 Å². The number of ether oxygens (including phenoxy) is 1. The number of aryl methyl sites for hydroxylation is 2. The largest absolute Gasteiger partial charge is 0.479 e. The molecule has 1 N–H and O–H groups in total. The molecular formula is C25H26N6O. The molecule has 1 aliphatic heterocycles. The SMILES string of the molecule is COc1nn(C)c(C)c1-c1cc2c(-c3cc(C)c4c(c3)CN(C)CC4)n[nH]c2cc1C#N. The highest BCUT2D eigenvalue weighted by molar-refractivity contribution is 5.98. The fourth-order valence-electron chi connectivity index (χ4n) is 4.81. The molecule has 7 nitrogen and oxygen atoms in total. The summed E-state index contributed by atoms with van der Waals surface area (Å²) in [6.07, 6.45) is 1.08. The maximum absolute atomic E-state index is 9.86. The van der Waals surface area contributed by atoms with Crippen molar-refractivity contribution in [3.05, 3.63) is 52.2 Å². The van der Waals surface area contributed by atoms with E-state index in [4.69, 9.17) is 4.74 Å². The van der Waals surface area contributed by atoms with Gasteiger partial charge in [-0.1, -0.05) is 0 Å². The van der Waals surface area contributed by atoms with E-state index in [0.29, 0.717) is 11.4 Å². The number of hydrogen-bond donors (Lipinski definition) is 1. The van der Waals surface area contributed by atoms with E-state index in [1.807, 2.05) is 26.1 Å². The highest BCUT2D eigenvalue weighted by Gasteiger charge is 2.22. The zero-order valence-corrected chi connectivity index (χ0v) is 19.1. The predicted octanol–water partition coefficient (Wildman–Crippen LogP) is 4.12. The van der Waals surface area contributed by atoms with Crippen LogP contribution in [0.2, 0.25) is 0 Å². The third-order valence-electron chi connectivity index (χ3n) is 6.61. The average Bonchev–Trinajstić information content (AvgIpc) is 3.32. The Hall–Kier alpha value is -3.63. The molecule has 162 valence electrons. The number of rotatable bonds is 3. The van der Waals surface area contributed by atoms with Crippen LogP contribution in [-0.2, 0) is 20.0 Å². The minimum Gasteiger partial charge on any atom is -0.479 e. The second-order valence-electron chi connectivity index (χ2n) is 8.64. The summed E-state index contributed by atoms with van der Waals surface area (Å²) in [5, 5.41) is 23.1. The van der Waals surface area contributed by atoms with E-state index in [1.165, 1.54) is 16.7 Å². The van der Waals surface area contributed by atoms with E-state index >= 15 is 0 Å². The molecule has 0 saturated carbocycles. The van der Waals surface area contributed by atoms with Gasteiger partial charge in [0.25, 0.3) is 0 Å². The minimum absolute atomic E-state index is 0.513. The van der Waals surface area contributed by atoms with Crippen LogP contribution in [-0.4, -0.2) is 45.6 Å². The zero-order valence-electron chi connectivity index (χ0n) is 19.1. The lowest BCUT2D eigenvalue weighted by Crippen LogP contribution is -2.27. The molecule has 0 saturated heterocycles. The summed E-state index contributed by atoms with van der Waals surface area (Å²) >= 11 is 0. The monoisotopic (exact) mass is 426 g/mol. The molecule has 7 heteroatoms. The average molecular weight is 427 g/mol. The first-order valence-electron chi connectivity index (χ1n) is 10.7. The molecule has 0 radical (unpaired) electrons. The Morgan fingerprint density at radius 3 is 2.72 bits per heavy atom. The molecule has 0 amide bonds. The number of likely N-dealkylation sites (N-methyl/N-ethyl adjacent to an activating group) is 1. The van der Waals surface area contributed by atoms with E-state index in [-0.39, 0.29) is 0 Å². The Morgan fingerprint density at radius 1 is 1.16 bits per heavy atom. The van der Waals surface area contributed by atoms with E-state index in [9.17, 15) is 5.26 Å². The number of H-pyrrole nitrogens is 1. The van der Waals surface area contributed by atoms with Crippen molar-refractivity contribution in [1.82, 2.24) is 24.9 Å². The smallest absolute Gasteiger partial charge is 0.240 e. The zero-order chi connectivity index (χ0) is 22.6. The van der Waals surface area contributed by atoms with Gasteiger partial charge in [0, 0.05) is 42.3 Å². The number of aromatic amines is 1. The molecule has 0 spiro atoms. The molecule has 5 rings (SSSR count). The molecule has 0 atom stereocenters. The van der Waals surface area contributed by atoms with Crippen LogP contribution in [0, 0.1) is 25.2 Å². The molecule has 3 heterocycles. The highest BCUT2D eigenvalue weighted by atomic mass is 16.5. The van der Waals surface area contributed by atoms with Crippen molar-refractivity contribution >= 4 is 10.9 Å². The lowest BCUT2D eigenvalue weighted by atomic mass is 9.91. The molecule has 0 bridgehead atoms. The highest BCUT2D eigenvalue weighted by Crippen LogP contribution is 2.39. The quantitative estimate of drug-likeness (QED) is 0.533. The van der Waals surface area contributed by atoms with Gasteiger partial charge in [-0.2, -0.15) is 10.4 Å². The fourth-order valence-corrected chi connectivity index (χ4v) is 4.81. The fraction of sp³-hybridized carbons (Fsp3) is 0.320. The number of hydrogen-bond acceptors (Lipinski definition) is 5. The Balaban J connectivity index is 1.73. The van der Waals surface area contributed by atoms with Crippen molar-refractivity contribution in [2.75, 3.05) is 20.7 Å². The Morgan fingerprint density at radius 2 is 1.97 bits per heavy atom. The van der Waals surface area contributed by atoms with Crippen LogP contribution in [0.1, 0.15) is 27.9 Å². The number of nitrogens with one attached hydrogen (secondary N) is 1. The summed E-state index contributed by atoms with van der Waals surface area (Å²) < 4.78 is 7.30. The summed E-state index contributed by atoms with van der Waals surface area (Å²) in [4.78, 5) is 2.35. The third-order valence-corrected chi connectivity index (χ3v) is 6.61. The maximum atomic E-state index is 9.86. The van der Waals surface area contributed by atoms with Crippen LogP contribution in [0.4, 0.5) is 0 Å². The molecule has 4 aromatic rings. The van der Waals surface area contributed by atoms with Crippen LogP contribution >= 0.6 is 0 Å². The summed E-state index contributed by atoms with van der Waals surface area (Å²) in [6, 6.07) is 10.7. The normalized spacial score (nSPS) is 13.9. The van der Waals surface area contributed by atoms with Crippen molar-refractivity contribution in [1.29, 1.82) is 5.26 Å². The van der Waals surface area contributed by atoms with Crippen LogP contribution in [0.5, 0.6) is 5.88 Å². The van der Waals surface area contributed by atoms with Gasteiger partial charge in [-0.3, -0.25) is 9.78 Å². The van der Waals surface area contributed by atoms with Gasteiger partial charge in [-0.15, -0.1) is 5.10 Å². The van der Waals surface area contributed by atoms with Gasteiger partial charge in [0.05, 0.1) is 35.5 Å². The molecule has 2 aromatic heterocycles. The molecule has 0 unspecified atom stereocenters. The molecule has 2 aromatic carbocycles. The van der Waals surface area contributed by atoms with Crippen molar-refractivity contribution in [2.45, 2.75) is 26.8 Å². The Kier molecular flexibility index (Phi) is 4.75. The lowest BCUT2D eigenvalue weighted by Gasteiger charge is -2.26. The maximum Gasteiger partial charge on any atom is 0.240 e. The number of nitrogens with zero attached hydrogens (tertiary/aromatic N) is 5. The summed E-state index contributed by atoms with van der Waals surface area (Å²) in [7, 11) is 5.64.